The monoisotopic (exact) mass is 371 g/mol. The number of carbonyl (C=O) groups is 2. The molecule has 0 N–H and O–H groups in total. The van der Waals surface area contributed by atoms with E-state index in [2.05, 4.69) is 18.4 Å². The number of benzene rings is 1. The third-order valence-electron chi connectivity index (χ3n) is 4.87. The average molecular weight is 372 g/mol. The van der Waals surface area contributed by atoms with Gasteiger partial charge in [0.1, 0.15) is 5.75 Å². The molecule has 1 aliphatic rings. The summed E-state index contributed by atoms with van der Waals surface area (Å²) in [7, 11) is 0. The van der Waals surface area contributed by atoms with Gasteiger partial charge in [-0.1, -0.05) is 6.92 Å². The highest BCUT2D eigenvalue weighted by atomic mass is 32.1. The molecule has 1 amide bonds. The molecule has 0 fully saturated rings. The third-order valence-corrected chi connectivity index (χ3v) is 5.86. The Labute approximate surface area is 158 Å². The molecule has 1 atom stereocenters. The molecule has 2 aromatic rings. The van der Waals surface area contributed by atoms with Gasteiger partial charge in [-0.25, -0.2) is 0 Å². The number of amides is 1. The van der Waals surface area contributed by atoms with Crippen molar-refractivity contribution in [3.63, 3.8) is 0 Å². The van der Waals surface area contributed by atoms with Crippen LogP contribution in [0.4, 0.5) is 0 Å². The van der Waals surface area contributed by atoms with Crippen LogP contribution in [0.25, 0.3) is 0 Å². The quantitative estimate of drug-likeness (QED) is 0.526. The van der Waals surface area contributed by atoms with Gasteiger partial charge in [0.25, 0.3) is 0 Å². The summed E-state index contributed by atoms with van der Waals surface area (Å²) in [6.07, 6.45) is 3.11. The van der Waals surface area contributed by atoms with E-state index in [0.29, 0.717) is 25.0 Å². The molecule has 0 spiro atoms. The molecule has 3 rings (SSSR count). The van der Waals surface area contributed by atoms with Gasteiger partial charge in [-0.05, 0) is 67.5 Å². The molecule has 138 valence electrons. The number of thiophene rings is 1. The summed E-state index contributed by atoms with van der Waals surface area (Å²) in [5, 5.41) is 2.13. The second-order valence-corrected chi connectivity index (χ2v) is 7.59. The Bertz CT molecular complexity index is 766. The van der Waals surface area contributed by atoms with Gasteiger partial charge >= 0.3 is 0 Å². The van der Waals surface area contributed by atoms with E-state index < -0.39 is 0 Å². The van der Waals surface area contributed by atoms with Gasteiger partial charge in [-0.3, -0.25) is 9.59 Å². The van der Waals surface area contributed by atoms with E-state index in [1.165, 1.54) is 10.4 Å². The SMILES string of the molecule is CCC1c2ccsc2CCN1C(=O)CCCOc1ccc(C(C)=O)cc1. The van der Waals surface area contributed by atoms with Crippen LogP contribution >= 0.6 is 11.3 Å². The summed E-state index contributed by atoms with van der Waals surface area (Å²) in [5.74, 6) is 0.988. The Morgan fingerprint density at radius 1 is 1.23 bits per heavy atom. The van der Waals surface area contributed by atoms with Crippen molar-refractivity contribution >= 4 is 23.0 Å². The van der Waals surface area contributed by atoms with Crippen LogP contribution in [0.15, 0.2) is 35.7 Å². The lowest BCUT2D eigenvalue weighted by Gasteiger charge is -2.35. The van der Waals surface area contributed by atoms with Crippen LogP contribution < -0.4 is 4.74 Å². The molecule has 1 aliphatic heterocycles. The van der Waals surface area contributed by atoms with Gasteiger partial charge in [0.2, 0.25) is 5.91 Å². The van der Waals surface area contributed by atoms with Crippen molar-refractivity contribution in [1.29, 1.82) is 0 Å². The summed E-state index contributed by atoms with van der Waals surface area (Å²) in [5.41, 5.74) is 2.01. The summed E-state index contributed by atoms with van der Waals surface area (Å²) in [4.78, 5) is 27.4. The lowest BCUT2D eigenvalue weighted by atomic mass is 9.97. The molecule has 1 aromatic heterocycles. The zero-order valence-electron chi connectivity index (χ0n) is 15.4. The fraction of sp³-hybridized carbons (Fsp3) is 0.429. The Kier molecular flexibility index (Phi) is 6.09. The zero-order valence-corrected chi connectivity index (χ0v) is 16.2. The van der Waals surface area contributed by atoms with Crippen molar-refractivity contribution in [2.24, 2.45) is 0 Å². The average Bonchev–Trinajstić information content (AvgIpc) is 3.13. The van der Waals surface area contributed by atoms with E-state index in [0.717, 1.165) is 25.1 Å². The number of ketones is 1. The standard InChI is InChI=1S/C21H25NO3S/c1-3-19-18-11-14-26-20(18)10-12-22(19)21(24)5-4-13-25-17-8-6-16(7-9-17)15(2)23/h6-9,11,14,19H,3-5,10,12-13H2,1-2H3. The van der Waals surface area contributed by atoms with Crippen LogP contribution in [-0.2, 0) is 11.2 Å². The zero-order chi connectivity index (χ0) is 18.5. The Morgan fingerprint density at radius 2 is 2.00 bits per heavy atom. The fourth-order valence-electron chi connectivity index (χ4n) is 3.48. The molecule has 0 aliphatic carbocycles. The van der Waals surface area contributed by atoms with Crippen LogP contribution in [0.1, 0.15) is 60.0 Å². The predicted molar refractivity (Wildman–Crippen MR) is 104 cm³/mol. The smallest absolute Gasteiger partial charge is 0.223 e. The van der Waals surface area contributed by atoms with Crippen LogP contribution in [-0.4, -0.2) is 29.7 Å². The first kappa shape index (κ1) is 18.6. The van der Waals surface area contributed by atoms with Gasteiger partial charge in [-0.2, -0.15) is 0 Å². The Balaban J connectivity index is 1.47. The van der Waals surface area contributed by atoms with Crippen LogP contribution in [0.5, 0.6) is 5.75 Å². The number of nitrogens with zero attached hydrogens (tertiary/aromatic N) is 1. The number of rotatable bonds is 7. The molecular weight excluding hydrogens is 346 g/mol. The summed E-state index contributed by atoms with van der Waals surface area (Å²) in [6.45, 7) is 5.01. The van der Waals surface area contributed by atoms with Crippen molar-refractivity contribution < 1.29 is 14.3 Å². The summed E-state index contributed by atoms with van der Waals surface area (Å²) < 4.78 is 5.70. The van der Waals surface area contributed by atoms with E-state index in [1.54, 1.807) is 42.5 Å². The molecule has 2 heterocycles. The lowest BCUT2D eigenvalue weighted by molar-refractivity contribution is -0.134. The predicted octanol–water partition coefficient (Wildman–Crippen LogP) is 4.65. The first-order chi connectivity index (χ1) is 12.6. The molecule has 1 aromatic carbocycles. The number of Topliss-reactive ketones (excluding diaryl/α,β-unsaturated/α-hetero) is 1. The minimum absolute atomic E-state index is 0.0444. The number of fused-ring (bicyclic) bond motifs is 1. The minimum atomic E-state index is 0.0444. The molecule has 0 saturated heterocycles. The second kappa shape index (κ2) is 8.49. The Hall–Kier alpha value is -2.14. The number of ether oxygens (including phenoxy) is 1. The van der Waals surface area contributed by atoms with E-state index in [9.17, 15) is 9.59 Å². The van der Waals surface area contributed by atoms with Gasteiger partial charge in [0.05, 0.1) is 12.6 Å². The van der Waals surface area contributed by atoms with E-state index in [4.69, 9.17) is 4.74 Å². The van der Waals surface area contributed by atoms with Crippen LogP contribution in [0.3, 0.4) is 0 Å². The first-order valence-electron chi connectivity index (χ1n) is 9.19. The van der Waals surface area contributed by atoms with E-state index >= 15 is 0 Å². The summed E-state index contributed by atoms with van der Waals surface area (Å²) in [6, 6.07) is 9.52. The van der Waals surface area contributed by atoms with E-state index in [1.807, 2.05) is 4.90 Å². The van der Waals surface area contributed by atoms with Gasteiger partial charge in [-0.15, -0.1) is 11.3 Å². The summed E-state index contributed by atoms with van der Waals surface area (Å²) >= 11 is 1.80. The minimum Gasteiger partial charge on any atom is -0.494 e. The highest BCUT2D eigenvalue weighted by Gasteiger charge is 2.29. The molecule has 0 bridgehead atoms. The number of hydrogen-bond acceptors (Lipinski definition) is 4. The van der Waals surface area contributed by atoms with Crippen molar-refractivity contribution in [2.75, 3.05) is 13.2 Å². The molecule has 1 unspecified atom stereocenters. The highest BCUT2D eigenvalue weighted by Crippen LogP contribution is 2.35. The number of hydrogen-bond donors (Lipinski definition) is 0. The van der Waals surface area contributed by atoms with Gasteiger partial charge in [0.15, 0.2) is 5.78 Å². The molecule has 5 heteroatoms. The van der Waals surface area contributed by atoms with Gasteiger partial charge < -0.3 is 9.64 Å². The fourth-order valence-corrected chi connectivity index (χ4v) is 4.41. The molecule has 4 nitrogen and oxygen atoms in total. The lowest BCUT2D eigenvalue weighted by Crippen LogP contribution is -2.39. The number of carbonyl (C=O) groups excluding carboxylic acids is 2. The maximum Gasteiger partial charge on any atom is 0.223 e. The molecule has 0 radical (unpaired) electrons. The van der Waals surface area contributed by atoms with Crippen LogP contribution in [0, 0.1) is 0 Å². The van der Waals surface area contributed by atoms with Crippen molar-refractivity contribution in [3.05, 3.63) is 51.7 Å². The van der Waals surface area contributed by atoms with Gasteiger partial charge in [0, 0.05) is 23.4 Å². The van der Waals surface area contributed by atoms with Crippen LogP contribution in [0.2, 0.25) is 0 Å². The largest absolute Gasteiger partial charge is 0.494 e. The Morgan fingerprint density at radius 3 is 2.69 bits per heavy atom. The molecule has 26 heavy (non-hydrogen) atoms. The first-order valence-corrected chi connectivity index (χ1v) is 10.1. The molecule has 0 saturated carbocycles. The molecular formula is C21H25NO3S. The van der Waals surface area contributed by atoms with Crippen molar-refractivity contribution in [3.8, 4) is 5.75 Å². The topological polar surface area (TPSA) is 46.6 Å². The highest BCUT2D eigenvalue weighted by molar-refractivity contribution is 7.10. The normalized spacial score (nSPS) is 16.2. The maximum absolute atomic E-state index is 12.7. The second-order valence-electron chi connectivity index (χ2n) is 6.59. The third kappa shape index (κ3) is 4.15. The maximum atomic E-state index is 12.7. The van der Waals surface area contributed by atoms with Crippen molar-refractivity contribution in [1.82, 2.24) is 4.90 Å². The van der Waals surface area contributed by atoms with E-state index in [-0.39, 0.29) is 17.7 Å². The van der Waals surface area contributed by atoms with Crippen molar-refractivity contribution in [2.45, 2.75) is 45.6 Å².